The summed E-state index contributed by atoms with van der Waals surface area (Å²) in [6, 6.07) is 0. The fourth-order valence-corrected chi connectivity index (χ4v) is 1.70. The van der Waals surface area contributed by atoms with E-state index >= 15 is 0 Å². The minimum absolute atomic E-state index is 1.06. The van der Waals surface area contributed by atoms with E-state index < -0.39 is 0 Å². The zero-order valence-corrected chi connectivity index (χ0v) is 9.95. The second kappa shape index (κ2) is 6.59. The first kappa shape index (κ1) is 12.2. The molecule has 1 saturated heterocycles. The van der Waals surface area contributed by atoms with Crippen LogP contribution in [0.15, 0.2) is 36.5 Å². The van der Waals surface area contributed by atoms with Crippen molar-refractivity contribution in [3.8, 4) is 0 Å². The van der Waals surface area contributed by atoms with Crippen LogP contribution in [0.1, 0.15) is 6.92 Å². The largest absolute Gasteiger partial charge is 0.304 e. The molecule has 15 heavy (non-hydrogen) atoms. The van der Waals surface area contributed by atoms with Gasteiger partial charge in [-0.05, 0) is 19.5 Å². The Morgan fingerprint density at radius 2 is 1.93 bits per heavy atom. The van der Waals surface area contributed by atoms with Gasteiger partial charge in [0.15, 0.2) is 0 Å². The van der Waals surface area contributed by atoms with Crippen LogP contribution in [0.3, 0.4) is 0 Å². The monoisotopic (exact) mass is 206 g/mol. The van der Waals surface area contributed by atoms with Gasteiger partial charge >= 0.3 is 0 Å². The van der Waals surface area contributed by atoms with Crippen LogP contribution in [0.2, 0.25) is 0 Å². The molecule has 0 spiro atoms. The van der Waals surface area contributed by atoms with Crippen molar-refractivity contribution in [2.24, 2.45) is 0 Å². The Morgan fingerprint density at radius 3 is 2.47 bits per heavy atom. The summed E-state index contributed by atoms with van der Waals surface area (Å²) in [6.45, 7) is 11.6. The van der Waals surface area contributed by atoms with Gasteiger partial charge in [0.25, 0.3) is 0 Å². The van der Waals surface area contributed by atoms with E-state index in [1.165, 1.54) is 31.8 Å². The van der Waals surface area contributed by atoms with Crippen LogP contribution < -0.4 is 0 Å². The third-order valence-electron chi connectivity index (χ3n) is 2.82. The predicted octanol–water partition coefficient (Wildman–Crippen LogP) is 1.92. The second-order valence-corrected chi connectivity index (χ2v) is 4.04. The predicted molar refractivity (Wildman–Crippen MR) is 67.0 cm³/mol. The molecule has 0 aromatic carbocycles. The van der Waals surface area contributed by atoms with Crippen LogP contribution in [-0.2, 0) is 0 Å². The first-order chi connectivity index (χ1) is 7.26. The Morgan fingerprint density at radius 1 is 1.27 bits per heavy atom. The lowest BCUT2D eigenvalue weighted by Crippen LogP contribution is -2.44. The molecule has 2 nitrogen and oxygen atoms in total. The maximum atomic E-state index is 3.69. The number of nitrogens with zero attached hydrogens (tertiary/aromatic N) is 2. The Hall–Kier alpha value is -0.860. The summed E-state index contributed by atoms with van der Waals surface area (Å²) in [5.41, 5.74) is 1.37. The zero-order valence-electron chi connectivity index (χ0n) is 9.95. The highest BCUT2D eigenvalue weighted by Crippen LogP contribution is 2.05. The highest BCUT2D eigenvalue weighted by Gasteiger charge is 2.13. The van der Waals surface area contributed by atoms with E-state index in [4.69, 9.17) is 0 Å². The number of hydrogen-bond donors (Lipinski definition) is 0. The summed E-state index contributed by atoms with van der Waals surface area (Å²) in [7, 11) is 2.19. The van der Waals surface area contributed by atoms with E-state index in [-0.39, 0.29) is 0 Å². The van der Waals surface area contributed by atoms with Gasteiger partial charge in [-0.3, -0.25) is 4.90 Å². The Kier molecular flexibility index (Phi) is 5.37. The molecule has 1 heterocycles. The van der Waals surface area contributed by atoms with Crippen LogP contribution in [0.4, 0.5) is 0 Å². The molecule has 1 fully saturated rings. The average Bonchev–Trinajstić information content (AvgIpc) is 2.27. The quantitative estimate of drug-likeness (QED) is 0.648. The van der Waals surface area contributed by atoms with Gasteiger partial charge in [-0.1, -0.05) is 30.9 Å². The summed E-state index contributed by atoms with van der Waals surface area (Å²) in [4.78, 5) is 4.88. The molecule has 84 valence electrons. The van der Waals surface area contributed by atoms with Gasteiger partial charge in [-0.15, -0.1) is 0 Å². The SMILES string of the molecule is C=C/C=C\C(=C/C)CN1CCN(C)CC1. The third kappa shape index (κ3) is 4.45. The molecule has 0 bridgehead atoms. The van der Waals surface area contributed by atoms with Crippen molar-refractivity contribution in [3.63, 3.8) is 0 Å². The molecule has 0 radical (unpaired) electrons. The molecule has 0 aliphatic carbocycles. The highest BCUT2D eigenvalue weighted by atomic mass is 15.2. The van der Waals surface area contributed by atoms with Crippen molar-refractivity contribution in [1.82, 2.24) is 9.80 Å². The summed E-state index contributed by atoms with van der Waals surface area (Å²) < 4.78 is 0. The molecule has 1 rings (SSSR count). The summed E-state index contributed by atoms with van der Waals surface area (Å²) in [5.74, 6) is 0. The van der Waals surface area contributed by atoms with Crippen LogP contribution >= 0.6 is 0 Å². The molecule has 2 heteroatoms. The molecular weight excluding hydrogens is 184 g/mol. The molecule has 0 unspecified atom stereocenters. The Labute approximate surface area is 93.6 Å². The van der Waals surface area contributed by atoms with Crippen molar-refractivity contribution in [2.45, 2.75) is 6.92 Å². The van der Waals surface area contributed by atoms with Crippen LogP contribution in [0.25, 0.3) is 0 Å². The van der Waals surface area contributed by atoms with E-state index in [2.05, 4.69) is 42.5 Å². The fraction of sp³-hybridized carbons (Fsp3) is 0.538. The maximum Gasteiger partial charge on any atom is 0.0231 e. The van der Waals surface area contributed by atoms with Gasteiger partial charge in [0.1, 0.15) is 0 Å². The second-order valence-electron chi connectivity index (χ2n) is 4.04. The van der Waals surface area contributed by atoms with Crippen molar-refractivity contribution < 1.29 is 0 Å². The van der Waals surface area contributed by atoms with Crippen molar-refractivity contribution in [1.29, 1.82) is 0 Å². The van der Waals surface area contributed by atoms with E-state index in [1.807, 2.05) is 12.2 Å². The van der Waals surface area contributed by atoms with Gasteiger partial charge in [-0.25, -0.2) is 0 Å². The molecule has 0 amide bonds. The summed E-state index contributed by atoms with van der Waals surface area (Å²) in [5, 5.41) is 0. The van der Waals surface area contributed by atoms with Gasteiger partial charge in [0.05, 0.1) is 0 Å². The van der Waals surface area contributed by atoms with Gasteiger partial charge < -0.3 is 4.90 Å². The van der Waals surface area contributed by atoms with Crippen LogP contribution in [0, 0.1) is 0 Å². The molecule has 0 aromatic heterocycles. The number of allylic oxidation sites excluding steroid dienone is 3. The standard InChI is InChI=1S/C13H22N2/c1-4-6-7-13(5-2)12-15-10-8-14(3)9-11-15/h4-7H,1,8-12H2,2-3H3/b7-6-,13-5+. The zero-order chi connectivity index (χ0) is 11.1. The van der Waals surface area contributed by atoms with E-state index in [1.54, 1.807) is 0 Å². The normalized spacial score (nSPS) is 21.1. The van der Waals surface area contributed by atoms with E-state index in [0.717, 1.165) is 6.54 Å². The Bertz CT molecular complexity index is 245. The van der Waals surface area contributed by atoms with Crippen molar-refractivity contribution in [2.75, 3.05) is 39.8 Å². The third-order valence-corrected chi connectivity index (χ3v) is 2.82. The minimum Gasteiger partial charge on any atom is -0.304 e. The first-order valence-electron chi connectivity index (χ1n) is 5.61. The van der Waals surface area contributed by atoms with Gasteiger partial charge in [0.2, 0.25) is 0 Å². The lowest BCUT2D eigenvalue weighted by Gasteiger charge is -2.32. The van der Waals surface area contributed by atoms with Gasteiger partial charge in [-0.2, -0.15) is 0 Å². The first-order valence-corrected chi connectivity index (χ1v) is 5.61. The van der Waals surface area contributed by atoms with Crippen molar-refractivity contribution in [3.05, 3.63) is 36.5 Å². The fourth-order valence-electron chi connectivity index (χ4n) is 1.70. The molecule has 0 N–H and O–H groups in total. The average molecular weight is 206 g/mol. The molecule has 0 saturated carbocycles. The number of piperazine rings is 1. The molecule has 0 atom stereocenters. The lowest BCUT2D eigenvalue weighted by molar-refractivity contribution is 0.164. The smallest absolute Gasteiger partial charge is 0.0231 e. The molecular formula is C13H22N2. The molecule has 1 aliphatic heterocycles. The number of likely N-dealkylation sites (N-methyl/N-ethyl adjacent to an activating group) is 1. The molecule has 0 aromatic rings. The van der Waals surface area contributed by atoms with Crippen molar-refractivity contribution >= 4 is 0 Å². The minimum atomic E-state index is 1.06. The number of rotatable bonds is 4. The lowest BCUT2D eigenvalue weighted by atomic mass is 10.2. The van der Waals surface area contributed by atoms with Crippen LogP contribution in [0.5, 0.6) is 0 Å². The van der Waals surface area contributed by atoms with E-state index in [0.29, 0.717) is 0 Å². The maximum absolute atomic E-state index is 3.69. The van der Waals surface area contributed by atoms with Crippen LogP contribution in [-0.4, -0.2) is 49.6 Å². The highest BCUT2D eigenvalue weighted by molar-refractivity contribution is 5.22. The topological polar surface area (TPSA) is 6.48 Å². The number of hydrogen-bond acceptors (Lipinski definition) is 2. The molecule has 1 aliphatic rings. The summed E-state index contributed by atoms with van der Waals surface area (Å²) in [6.07, 6.45) is 8.16. The summed E-state index contributed by atoms with van der Waals surface area (Å²) >= 11 is 0. The Balaban J connectivity index is 2.39. The van der Waals surface area contributed by atoms with Gasteiger partial charge in [0, 0.05) is 32.7 Å². The van der Waals surface area contributed by atoms with E-state index in [9.17, 15) is 0 Å².